The summed E-state index contributed by atoms with van der Waals surface area (Å²) >= 11 is 0. The van der Waals surface area contributed by atoms with Crippen LogP contribution in [0.5, 0.6) is 0 Å². The van der Waals surface area contributed by atoms with Crippen LogP contribution in [0.15, 0.2) is 0 Å². The summed E-state index contributed by atoms with van der Waals surface area (Å²) in [7, 11) is 0. The average Bonchev–Trinajstić information content (AvgIpc) is 1.81. The Hall–Kier alpha value is -0.0800. The van der Waals surface area contributed by atoms with E-state index in [1.54, 1.807) is 0 Å². The Kier molecular flexibility index (Phi) is 5.57. The van der Waals surface area contributed by atoms with Crippen LogP contribution >= 0.6 is 0 Å². The van der Waals surface area contributed by atoms with Crippen molar-refractivity contribution in [2.75, 3.05) is 6.54 Å². The minimum atomic E-state index is -0.0225. The minimum absolute atomic E-state index is 0.0225. The lowest BCUT2D eigenvalue weighted by atomic mass is 10.1. The maximum atomic E-state index is 5.81. The van der Waals surface area contributed by atoms with Crippen LogP contribution in [0.2, 0.25) is 0 Å². The predicted molar refractivity (Wildman–Crippen MR) is 58.1 cm³/mol. The fourth-order valence-corrected chi connectivity index (χ4v) is 1.58. The Morgan fingerprint density at radius 2 is 1.77 bits per heavy atom. The van der Waals surface area contributed by atoms with Crippen LogP contribution in [0.4, 0.5) is 0 Å². The summed E-state index contributed by atoms with van der Waals surface area (Å²) in [5.74, 6) is 0. The van der Waals surface area contributed by atoms with Gasteiger partial charge in [0, 0.05) is 6.04 Å². The van der Waals surface area contributed by atoms with Crippen LogP contribution in [-0.4, -0.2) is 24.3 Å². The summed E-state index contributed by atoms with van der Waals surface area (Å²) < 4.78 is 5.81. The number of hydrogen-bond acceptors (Lipinski definition) is 2. The van der Waals surface area contributed by atoms with Gasteiger partial charge in [-0.15, -0.1) is 0 Å². The highest BCUT2D eigenvalue weighted by atomic mass is 16.5. The highest BCUT2D eigenvalue weighted by Crippen LogP contribution is 2.13. The topological polar surface area (TPSA) is 21.3 Å². The molecule has 2 unspecified atom stereocenters. The van der Waals surface area contributed by atoms with Crippen molar-refractivity contribution in [2.24, 2.45) is 0 Å². The van der Waals surface area contributed by atoms with Crippen molar-refractivity contribution in [1.82, 2.24) is 5.32 Å². The monoisotopic (exact) mass is 187 g/mol. The summed E-state index contributed by atoms with van der Waals surface area (Å²) in [5, 5.41) is 3.38. The van der Waals surface area contributed by atoms with Gasteiger partial charge in [-0.05, 0) is 47.6 Å². The molecule has 0 aliphatic carbocycles. The van der Waals surface area contributed by atoms with Crippen molar-refractivity contribution in [3.05, 3.63) is 0 Å². The van der Waals surface area contributed by atoms with Crippen molar-refractivity contribution in [1.29, 1.82) is 0 Å². The maximum Gasteiger partial charge on any atom is 0.0602 e. The van der Waals surface area contributed by atoms with Crippen molar-refractivity contribution < 1.29 is 4.74 Å². The van der Waals surface area contributed by atoms with Gasteiger partial charge in [-0.2, -0.15) is 0 Å². The molecular weight excluding hydrogens is 162 g/mol. The van der Waals surface area contributed by atoms with E-state index in [0.717, 1.165) is 13.0 Å². The highest BCUT2D eigenvalue weighted by Gasteiger charge is 2.16. The number of ether oxygens (including phenoxy) is 1. The molecule has 0 saturated heterocycles. The smallest absolute Gasteiger partial charge is 0.0602 e. The molecule has 0 spiro atoms. The van der Waals surface area contributed by atoms with Crippen molar-refractivity contribution in [2.45, 2.75) is 65.7 Å². The van der Waals surface area contributed by atoms with E-state index in [9.17, 15) is 0 Å². The second-order valence-electron chi connectivity index (χ2n) is 4.74. The molecule has 0 aromatic heterocycles. The Labute approximate surface area is 83.1 Å². The minimum Gasteiger partial charge on any atom is -0.373 e. The molecule has 13 heavy (non-hydrogen) atoms. The van der Waals surface area contributed by atoms with Crippen molar-refractivity contribution >= 4 is 0 Å². The van der Waals surface area contributed by atoms with Gasteiger partial charge in [0.05, 0.1) is 11.7 Å². The molecule has 0 bridgehead atoms. The molecule has 80 valence electrons. The fraction of sp³-hybridized carbons (Fsp3) is 1.00. The molecule has 1 N–H and O–H groups in total. The first-order chi connectivity index (χ1) is 5.85. The van der Waals surface area contributed by atoms with Crippen molar-refractivity contribution in [3.63, 3.8) is 0 Å². The maximum absolute atomic E-state index is 5.81. The Morgan fingerprint density at radius 1 is 1.23 bits per heavy atom. The number of rotatable bonds is 5. The molecule has 0 rings (SSSR count). The molecule has 0 aliphatic rings. The first-order valence-electron chi connectivity index (χ1n) is 5.26. The Balaban J connectivity index is 3.67. The van der Waals surface area contributed by atoms with Gasteiger partial charge in [0.25, 0.3) is 0 Å². The summed E-state index contributed by atoms with van der Waals surface area (Å²) in [5.41, 5.74) is -0.0225. The van der Waals surface area contributed by atoms with E-state index in [1.165, 1.54) is 0 Å². The molecule has 2 atom stereocenters. The van der Waals surface area contributed by atoms with Gasteiger partial charge in [0.2, 0.25) is 0 Å². The van der Waals surface area contributed by atoms with E-state index in [-0.39, 0.29) is 5.60 Å². The van der Waals surface area contributed by atoms with Gasteiger partial charge < -0.3 is 10.1 Å². The van der Waals surface area contributed by atoms with Gasteiger partial charge in [-0.3, -0.25) is 0 Å². The molecule has 0 heterocycles. The molecule has 0 fully saturated rings. The number of hydrogen-bond donors (Lipinski definition) is 1. The zero-order valence-electron chi connectivity index (χ0n) is 9.98. The normalized spacial score (nSPS) is 17.1. The highest BCUT2D eigenvalue weighted by molar-refractivity contribution is 4.68. The van der Waals surface area contributed by atoms with Crippen LogP contribution in [-0.2, 0) is 4.74 Å². The molecule has 0 aromatic rings. The van der Waals surface area contributed by atoms with Crippen LogP contribution in [0, 0.1) is 0 Å². The van der Waals surface area contributed by atoms with Crippen LogP contribution in [0.25, 0.3) is 0 Å². The molecule has 0 saturated carbocycles. The summed E-state index contributed by atoms with van der Waals surface area (Å²) in [4.78, 5) is 0. The van der Waals surface area contributed by atoms with E-state index >= 15 is 0 Å². The largest absolute Gasteiger partial charge is 0.373 e. The lowest BCUT2D eigenvalue weighted by molar-refractivity contribution is -0.0568. The molecule has 0 amide bonds. The summed E-state index contributed by atoms with van der Waals surface area (Å²) in [6.45, 7) is 13.8. The predicted octanol–water partition coefficient (Wildman–Crippen LogP) is 2.58. The zero-order valence-corrected chi connectivity index (χ0v) is 9.98. The second-order valence-corrected chi connectivity index (χ2v) is 4.74. The van der Waals surface area contributed by atoms with E-state index in [4.69, 9.17) is 4.74 Å². The molecule has 0 radical (unpaired) electrons. The Bertz CT molecular complexity index is 129. The average molecular weight is 187 g/mol. The third kappa shape index (κ3) is 8.26. The quantitative estimate of drug-likeness (QED) is 0.714. The fourth-order valence-electron chi connectivity index (χ4n) is 1.58. The van der Waals surface area contributed by atoms with Crippen LogP contribution < -0.4 is 5.32 Å². The second kappa shape index (κ2) is 5.61. The molecule has 0 aliphatic heterocycles. The van der Waals surface area contributed by atoms with Crippen molar-refractivity contribution in [3.8, 4) is 0 Å². The summed E-state index contributed by atoms with van der Waals surface area (Å²) in [6, 6.07) is 0.544. The van der Waals surface area contributed by atoms with E-state index in [0.29, 0.717) is 12.1 Å². The van der Waals surface area contributed by atoms with Gasteiger partial charge in [0.1, 0.15) is 0 Å². The third-order valence-corrected chi connectivity index (χ3v) is 1.79. The lowest BCUT2D eigenvalue weighted by Crippen LogP contribution is -2.33. The van der Waals surface area contributed by atoms with E-state index in [1.807, 2.05) is 0 Å². The molecule has 2 nitrogen and oxygen atoms in total. The number of nitrogens with one attached hydrogen (secondary N) is 1. The van der Waals surface area contributed by atoms with Gasteiger partial charge >= 0.3 is 0 Å². The third-order valence-electron chi connectivity index (χ3n) is 1.79. The van der Waals surface area contributed by atoms with Crippen LogP contribution in [0.3, 0.4) is 0 Å². The Morgan fingerprint density at radius 3 is 2.15 bits per heavy atom. The zero-order chi connectivity index (χ0) is 10.5. The molecule has 0 aromatic carbocycles. The van der Waals surface area contributed by atoms with E-state index < -0.39 is 0 Å². The van der Waals surface area contributed by atoms with Crippen LogP contribution in [0.1, 0.15) is 48.0 Å². The first-order valence-corrected chi connectivity index (χ1v) is 5.26. The van der Waals surface area contributed by atoms with Gasteiger partial charge in [0.15, 0.2) is 0 Å². The van der Waals surface area contributed by atoms with Gasteiger partial charge in [-0.25, -0.2) is 0 Å². The molecule has 2 heteroatoms. The first kappa shape index (κ1) is 12.9. The van der Waals surface area contributed by atoms with E-state index in [2.05, 4.69) is 46.9 Å². The van der Waals surface area contributed by atoms with Gasteiger partial charge in [-0.1, -0.05) is 6.92 Å². The SMILES string of the molecule is CCNC(C)CC(C)OC(C)(C)C. The lowest BCUT2D eigenvalue weighted by Gasteiger charge is -2.27. The standard InChI is InChI=1S/C11H25NO/c1-7-12-9(2)8-10(3)13-11(4,5)6/h9-10,12H,7-8H2,1-6H3. The molecular formula is C11H25NO. The summed E-state index contributed by atoms with van der Waals surface area (Å²) in [6.07, 6.45) is 1.40.